The minimum Gasteiger partial charge on any atom is -0.441 e. The molecule has 1 saturated heterocycles. The molecule has 0 saturated carbocycles. The number of aromatic nitrogens is 1. The highest BCUT2D eigenvalue weighted by atomic mass is 19.1. The van der Waals surface area contributed by atoms with Gasteiger partial charge in [-0.25, -0.2) is 9.37 Å². The predicted molar refractivity (Wildman–Crippen MR) is 54.5 cm³/mol. The molecule has 1 aliphatic rings. The molecule has 0 aliphatic carbocycles. The van der Waals surface area contributed by atoms with Crippen molar-refractivity contribution in [1.29, 1.82) is 5.26 Å². The second-order valence-electron chi connectivity index (χ2n) is 3.80. The molecule has 2 atom stereocenters. The lowest BCUT2D eigenvalue weighted by Gasteiger charge is -2.12. The van der Waals surface area contributed by atoms with Crippen LogP contribution >= 0.6 is 0 Å². The van der Waals surface area contributed by atoms with E-state index < -0.39 is 18.6 Å². The number of nitrogens with zero attached hydrogens (tertiary/aromatic N) is 3. The van der Waals surface area contributed by atoms with Crippen molar-refractivity contribution in [2.75, 3.05) is 13.2 Å². The van der Waals surface area contributed by atoms with Gasteiger partial charge in [0.2, 0.25) is 0 Å². The smallest absolute Gasteiger partial charge is 0.307 e. The summed E-state index contributed by atoms with van der Waals surface area (Å²) < 4.78 is 17.4. The normalized spacial score (nSPS) is 23.4. The van der Waals surface area contributed by atoms with E-state index in [2.05, 4.69) is 10.3 Å². The quantitative estimate of drug-likeness (QED) is 0.766. The Bertz CT molecular complexity index is 428. The fourth-order valence-corrected chi connectivity index (χ4v) is 1.87. The summed E-state index contributed by atoms with van der Waals surface area (Å²) in [6.07, 6.45) is 4.99. The van der Waals surface area contributed by atoms with Crippen molar-refractivity contribution < 1.29 is 13.6 Å². The van der Waals surface area contributed by atoms with E-state index >= 15 is 0 Å². The Kier molecular flexibility index (Phi) is 3.23. The number of likely N-dealkylation sites (tertiary alicyclic amines) is 1. The molecule has 1 N–H and O–H groups in total. The first-order valence-electron chi connectivity index (χ1n) is 5.17. The van der Waals surface area contributed by atoms with Gasteiger partial charge < -0.3 is 14.6 Å². The number of rotatable bonds is 3. The number of carbonyl (C=O) groups excluding carboxylic acids is 1. The zero-order valence-electron chi connectivity index (χ0n) is 8.97. The summed E-state index contributed by atoms with van der Waals surface area (Å²) in [6, 6.07) is -0.704. The average molecular weight is 238 g/mol. The SMILES string of the molecule is N#CN1C[C@H](NC(=O)c2ncco2)C[C@H]1CF. The maximum atomic E-state index is 12.6. The minimum absolute atomic E-state index is 0.0304. The van der Waals surface area contributed by atoms with Crippen molar-refractivity contribution in [1.82, 2.24) is 15.2 Å². The van der Waals surface area contributed by atoms with Crippen molar-refractivity contribution in [2.45, 2.75) is 18.5 Å². The van der Waals surface area contributed by atoms with Gasteiger partial charge in [0.15, 0.2) is 6.19 Å². The van der Waals surface area contributed by atoms with Crippen LogP contribution in [-0.2, 0) is 0 Å². The second-order valence-corrected chi connectivity index (χ2v) is 3.80. The lowest BCUT2D eigenvalue weighted by atomic mass is 10.2. The molecule has 2 heterocycles. The number of alkyl halides is 1. The Morgan fingerprint density at radius 3 is 3.18 bits per heavy atom. The van der Waals surface area contributed by atoms with Crippen molar-refractivity contribution in [3.63, 3.8) is 0 Å². The summed E-state index contributed by atoms with van der Waals surface area (Å²) in [5.74, 6) is -0.477. The molecule has 6 nitrogen and oxygen atoms in total. The number of hydrogen-bond donors (Lipinski definition) is 1. The number of nitrogens with one attached hydrogen (secondary N) is 1. The second kappa shape index (κ2) is 4.82. The lowest BCUT2D eigenvalue weighted by Crippen LogP contribution is -2.36. The highest BCUT2D eigenvalue weighted by molar-refractivity contribution is 5.89. The van der Waals surface area contributed by atoms with Crippen LogP contribution < -0.4 is 5.32 Å². The van der Waals surface area contributed by atoms with E-state index in [0.717, 1.165) is 0 Å². The van der Waals surface area contributed by atoms with Gasteiger partial charge in [0.05, 0.1) is 12.2 Å². The summed E-state index contributed by atoms with van der Waals surface area (Å²) in [6.45, 7) is -0.281. The van der Waals surface area contributed by atoms with E-state index in [4.69, 9.17) is 9.68 Å². The zero-order chi connectivity index (χ0) is 12.3. The van der Waals surface area contributed by atoms with Gasteiger partial charge in [0.1, 0.15) is 12.9 Å². The number of oxazole rings is 1. The van der Waals surface area contributed by atoms with Crippen molar-refractivity contribution in [3.8, 4) is 6.19 Å². The summed E-state index contributed by atoms with van der Waals surface area (Å²) in [5.41, 5.74) is 0. The monoisotopic (exact) mass is 238 g/mol. The summed E-state index contributed by atoms with van der Waals surface area (Å²) in [5, 5.41) is 11.4. The Morgan fingerprint density at radius 2 is 2.65 bits per heavy atom. The fraction of sp³-hybridized carbons (Fsp3) is 0.500. The zero-order valence-corrected chi connectivity index (χ0v) is 8.97. The van der Waals surface area contributed by atoms with Crippen LogP contribution in [-0.4, -0.2) is 41.1 Å². The molecule has 2 rings (SSSR count). The molecule has 0 radical (unpaired) electrons. The van der Waals surface area contributed by atoms with Gasteiger partial charge in [-0.1, -0.05) is 0 Å². The molecule has 1 aromatic heterocycles. The van der Waals surface area contributed by atoms with Crippen LogP contribution in [0.3, 0.4) is 0 Å². The van der Waals surface area contributed by atoms with Gasteiger partial charge in [-0.15, -0.1) is 0 Å². The van der Waals surface area contributed by atoms with Crippen LogP contribution in [0.25, 0.3) is 0 Å². The van der Waals surface area contributed by atoms with E-state index in [-0.39, 0.29) is 11.9 Å². The summed E-state index contributed by atoms with van der Waals surface area (Å²) in [4.78, 5) is 16.6. The Hall–Kier alpha value is -2.10. The summed E-state index contributed by atoms with van der Waals surface area (Å²) >= 11 is 0. The molecular formula is C10H11FN4O2. The van der Waals surface area contributed by atoms with Crippen molar-refractivity contribution in [3.05, 3.63) is 18.4 Å². The first-order chi connectivity index (χ1) is 8.24. The Morgan fingerprint density at radius 1 is 1.82 bits per heavy atom. The number of nitriles is 1. The Balaban J connectivity index is 1.94. The maximum absolute atomic E-state index is 12.6. The fourth-order valence-electron chi connectivity index (χ4n) is 1.87. The van der Waals surface area contributed by atoms with E-state index in [1.807, 2.05) is 6.19 Å². The molecule has 1 aromatic rings. The molecule has 7 heteroatoms. The maximum Gasteiger partial charge on any atom is 0.307 e. The van der Waals surface area contributed by atoms with Gasteiger partial charge >= 0.3 is 5.91 Å². The molecule has 0 bridgehead atoms. The predicted octanol–water partition coefficient (Wildman–Crippen LogP) is 0.298. The highest BCUT2D eigenvalue weighted by Crippen LogP contribution is 2.17. The van der Waals surface area contributed by atoms with Gasteiger partial charge in [-0.05, 0) is 6.42 Å². The average Bonchev–Trinajstić information content (AvgIpc) is 2.97. The molecule has 0 spiro atoms. The van der Waals surface area contributed by atoms with E-state index in [1.54, 1.807) is 0 Å². The van der Waals surface area contributed by atoms with E-state index in [0.29, 0.717) is 13.0 Å². The Labute approximate surface area is 97.0 Å². The van der Waals surface area contributed by atoms with Crippen molar-refractivity contribution >= 4 is 5.91 Å². The van der Waals surface area contributed by atoms with Gasteiger partial charge in [0.25, 0.3) is 5.89 Å². The van der Waals surface area contributed by atoms with Crippen LogP contribution in [0.5, 0.6) is 0 Å². The molecule has 90 valence electrons. The summed E-state index contributed by atoms with van der Waals surface area (Å²) in [7, 11) is 0. The van der Waals surface area contributed by atoms with Crippen LogP contribution in [0.4, 0.5) is 4.39 Å². The number of amides is 1. The van der Waals surface area contributed by atoms with Crippen LogP contribution in [0.1, 0.15) is 17.1 Å². The van der Waals surface area contributed by atoms with Crippen molar-refractivity contribution in [2.24, 2.45) is 0 Å². The van der Waals surface area contributed by atoms with Gasteiger partial charge in [-0.2, -0.15) is 5.26 Å². The number of halogens is 1. The van der Waals surface area contributed by atoms with Crippen LogP contribution in [0, 0.1) is 11.5 Å². The third-order valence-electron chi connectivity index (χ3n) is 2.68. The lowest BCUT2D eigenvalue weighted by molar-refractivity contribution is 0.0903. The molecule has 1 amide bonds. The van der Waals surface area contributed by atoms with Crippen LogP contribution in [0.2, 0.25) is 0 Å². The molecule has 1 aliphatic heterocycles. The molecule has 0 aromatic carbocycles. The third kappa shape index (κ3) is 2.36. The topological polar surface area (TPSA) is 82.2 Å². The number of hydrogen-bond acceptors (Lipinski definition) is 5. The van der Waals surface area contributed by atoms with E-state index in [9.17, 15) is 9.18 Å². The number of carbonyl (C=O) groups is 1. The molecule has 17 heavy (non-hydrogen) atoms. The van der Waals surface area contributed by atoms with Gasteiger partial charge in [0, 0.05) is 12.6 Å². The first-order valence-corrected chi connectivity index (χ1v) is 5.17. The van der Waals surface area contributed by atoms with Gasteiger partial charge in [-0.3, -0.25) is 4.79 Å². The minimum atomic E-state index is -0.598. The van der Waals surface area contributed by atoms with Crippen LogP contribution in [0.15, 0.2) is 16.9 Å². The molecule has 0 unspecified atom stereocenters. The third-order valence-corrected chi connectivity index (χ3v) is 2.68. The van der Waals surface area contributed by atoms with E-state index in [1.165, 1.54) is 17.4 Å². The molecular weight excluding hydrogens is 227 g/mol. The first kappa shape index (κ1) is 11.4. The molecule has 1 fully saturated rings. The largest absolute Gasteiger partial charge is 0.441 e. The standard InChI is InChI=1S/C10H11FN4O2/c11-4-8-3-7(5-15(8)6-12)14-9(16)10-13-1-2-17-10/h1-2,7-8H,3-5H2,(H,14,16)/t7-,8+/m1/s1. The highest BCUT2D eigenvalue weighted by Gasteiger charge is 2.33.